The van der Waals surface area contributed by atoms with Crippen LogP contribution < -0.4 is 5.32 Å². The van der Waals surface area contributed by atoms with Gasteiger partial charge in [-0.05, 0) is 26.0 Å². The minimum Gasteiger partial charge on any atom is -0.326 e. The van der Waals surface area contributed by atoms with E-state index in [2.05, 4.69) is 15.6 Å². The Hall–Kier alpha value is -2.17. The first-order valence-electron chi connectivity index (χ1n) is 7.30. The number of anilines is 1. The predicted octanol–water partition coefficient (Wildman–Crippen LogP) is 3.20. The topological polar surface area (TPSA) is 59.8 Å². The van der Waals surface area contributed by atoms with Gasteiger partial charge in [-0.15, -0.1) is 5.10 Å². The molecule has 1 amide bonds. The fourth-order valence-corrected chi connectivity index (χ4v) is 1.75. The fraction of sp³-hybridized carbons (Fsp3) is 0.438. The average Bonchev–Trinajstić information content (AvgIpc) is 2.82. The second-order valence-electron chi connectivity index (χ2n) is 4.70. The van der Waals surface area contributed by atoms with E-state index in [1.165, 1.54) is 0 Å². The van der Waals surface area contributed by atoms with Crippen molar-refractivity contribution in [2.75, 3.05) is 5.32 Å². The second-order valence-corrected chi connectivity index (χ2v) is 4.70. The molecule has 21 heavy (non-hydrogen) atoms. The third-order valence-electron chi connectivity index (χ3n) is 3.15. The number of hydrogen-bond donors (Lipinski definition) is 1. The monoisotopic (exact) mass is 288 g/mol. The van der Waals surface area contributed by atoms with E-state index in [-0.39, 0.29) is 11.8 Å². The summed E-state index contributed by atoms with van der Waals surface area (Å²) in [6, 6.07) is 9.45. The van der Waals surface area contributed by atoms with E-state index in [1.54, 1.807) is 4.68 Å². The highest BCUT2D eigenvalue weighted by molar-refractivity contribution is 5.92. The number of hydrogen-bond acceptors (Lipinski definition) is 3. The van der Waals surface area contributed by atoms with Gasteiger partial charge in [-0.25, -0.2) is 4.68 Å². The van der Waals surface area contributed by atoms with Crippen molar-refractivity contribution in [3.05, 3.63) is 41.7 Å². The van der Waals surface area contributed by atoms with Gasteiger partial charge in [0.1, 0.15) is 0 Å². The molecule has 0 aliphatic carbocycles. The number of amides is 1. The first-order valence-corrected chi connectivity index (χ1v) is 7.30. The van der Waals surface area contributed by atoms with E-state index in [0.29, 0.717) is 6.54 Å². The molecule has 2 aromatic rings. The molecule has 0 saturated carbocycles. The maximum absolute atomic E-state index is 12.1. The molecule has 0 radical (unpaired) electrons. The van der Waals surface area contributed by atoms with E-state index in [0.717, 1.165) is 17.1 Å². The Bertz CT molecular complexity index is 563. The molecule has 0 aliphatic heterocycles. The van der Waals surface area contributed by atoms with Crippen LogP contribution >= 0.6 is 0 Å². The molecule has 1 aromatic carbocycles. The lowest BCUT2D eigenvalue weighted by atomic mass is 10.1. The number of nitrogens with zero attached hydrogens (tertiary/aromatic N) is 3. The maximum Gasteiger partial charge on any atom is 0.229 e. The van der Waals surface area contributed by atoms with Crippen molar-refractivity contribution >= 4 is 11.6 Å². The van der Waals surface area contributed by atoms with Crippen LogP contribution in [0.3, 0.4) is 0 Å². The lowest BCUT2D eigenvalue weighted by molar-refractivity contribution is -0.119. The SMILES string of the molecule is CC.Cc1nnn(C[C@@H](C)C(=O)Nc2ccccc2)c1C. The zero-order valence-corrected chi connectivity index (χ0v) is 13.4. The number of nitrogens with one attached hydrogen (secondary N) is 1. The lowest BCUT2D eigenvalue weighted by Gasteiger charge is -2.12. The first kappa shape index (κ1) is 16.9. The highest BCUT2D eigenvalue weighted by Gasteiger charge is 2.16. The Kier molecular flexibility index (Phi) is 6.59. The molecule has 5 heteroatoms. The van der Waals surface area contributed by atoms with Gasteiger partial charge in [-0.3, -0.25) is 4.79 Å². The van der Waals surface area contributed by atoms with Gasteiger partial charge < -0.3 is 5.32 Å². The third kappa shape index (κ3) is 4.70. The molecule has 1 atom stereocenters. The summed E-state index contributed by atoms with van der Waals surface area (Å²) < 4.78 is 1.77. The molecule has 114 valence electrons. The number of carbonyl (C=O) groups excluding carboxylic acids is 1. The normalized spacial score (nSPS) is 11.3. The fourth-order valence-electron chi connectivity index (χ4n) is 1.75. The van der Waals surface area contributed by atoms with Crippen molar-refractivity contribution < 1.29 is 4.79 Å². The largest absolute Gasteiger partial charge is 0.326 e. The Morgan fingerprint density at radius 3 is 2.38 bits per heavy atom. The van der Waals surface area contributed by atoms with Gasteiger partial charge in [0.15, 0.2) is 0 Å². The van der Waals surface area contributed by atoms with Crippen molar-refractivity contribution in [3.63, 3.8) is 0 Å². The van der Waals surface area contributed by atoms with E-state index in [1.807, 2.05) is 65.0 Å². The molecule has 5 nitrogen and oxygen atoms in total. The zero-order chi connectivity index (χ0) is 15.8. The summed E-state index contributed by atoms with van der Waals surface area (Å²) in [6.45, 7) is 10.3. The van der Waals surface area contributed by atoms with Crippen LogP contribution in [0.15, 0.2) is 30.3 Å². The molecule has 1 N–H and O–H groups in total. The van der Waals surface area contributed by atoms with Crippen LogP contribution in [-0.4, -0.2) is 20.9 Å². The number of para-hydroxylation sites is 1. The maximum atomic E-state index is 12.1. The summed E-state index contributed by atoms with van der Waals surface area (Å²) in [5.41, 5.74) is 2.71. The minimum atomic E-state index is -0.167. The summed E-state index contributed by atoms with van der Waals surface area (Å²) in [7, 11) is 0. The number of carbonyl (C=O) groups is 1. The van der Waals surface area contributed by atoms with E-state index in [9.17, 15) is 4.79 Å². The van der Waals surface area contributed by atoms with Crippen LogP contribution in [0, 0.1) is 19.8 Å². The van der Waals surface area contributed by atoms with Crippen molar-refractivity contribution in [2.24, 2.45) is 5.92 Å². The van der Waals surface area contributed by atoms with Crippen LogP contribution in [-0.2, 0) is 11.3 Å². The molecular weight excluding hydrogens is 264 g/mol. The summed E-state index contributed by atoms with van der Waals surface area (Å²) in [6.07, 6.45) is 0. The van der Waals surface area contributed by atoms with E-state index < -0.39 is 0 Å². The van der Waals surface area contributed by atoms with E-state index in [4.69, 9.17) is 0 Å². The Morgan fingerprint density at radius 2 is 1.86 bits per heavy atom. The molecule has 0 saturated heterocycles. The van der Waals surface area contributed by atoms with Gasteiger partial charge in [0.2, 0.25) is 5.91 Å². The predicted molar refractivity (Wildman–Crippen MR) is 85.1 cm³/mol. The summed E-state index contributed by atoms with van der Waals surface area (Å²) in [5, 5.41) is 10.9. The summed E-state index contributed by atoms with van der Waals surface area (Å²) in [4.78, 5) is 12.1. The van der Waals surface area contributed by atoms with Gasteiger partial charge >= 0.3 is 0 Å². The highest BCUT2D eigenvalue weighted by atomic mass is 16.1. The van der Waals surface area contributed by atoms with Crippen molar-refractivity contribution in [3.8, 4) is 0 Å². The smallest absolute Gasteiger partial charge is 0.229 e. The van der Waals surface area contributed by atoms with Gasteiger partial charge in [0.25, 0.3) is 0 Å². The summed E-state index contributed by atoms with van der Waals surface area (Å²) in [5.74, 6) is -0.182. The standard InChI is InChI=1S/C14H18N4O.C2H6/c1-10(9-18-12(3)11(2)16-17-18)14(19)15-13-7-5-4-6-8-13;1-2/h4-8,10H,9H2,1-3H3,(H,15,19);1-2H3/t10-;/m1./s1. The number of aryl methyl sites for hydroxylation is 1. The van der Waals surface area contributed by atoms with Gasteiger partial charge in [-0.2, -0.15) is 0 Å². The first-order chi connectivity index (χ1) is 10.1. The highest BCUT2D eigenvalue weighted by Crippen LogP contribution is 2.10. The van der Waals surface area contributed by atoms with Crippen LogP contribution in [0.5, 0.6) is 0 Å². The second kappa shape index (κ2) is 8.19. The molecule has 0 unspecified atom stereocenters. The molecule has 0 fully saturated rings. The van der Waals surface area contributed by atoms with Gasteiger partial charge in [0, 0.05) is 5.69 Å². The Morgan fingerprint density at radius 1 is 1.24 bits per heavy atom. The lowest BCUT2D eigenvalue weighted by Crippen LogP contribution is -2.25. The molecule has 1 heterocycles. The van der Waals surface area contributed by atoms with Crippen LogP contribution in [0.4, 0.5) is 5.69 Å². The number of rotatable bonds is 4. The van der Waals surface area contributed by atoms with Crippen molar-refractivity contribution in [1.29, 1.82) is 0 Å². The molecule has 0 aliphatic rings. The van der Waals surface area contributed by atoms with E-state index >= 15 is 0 Å². The van der Waals surface area contributed by atoms with Crippen molar-refractivity contribution in [2.45, 2.75) is 41.2 Å². The molecule has 0 bridgehead atoms. The quantitative estimate of drug-likeness (QED) is 0.940. The average molecular weight is 288 g/mol. The molecule has 0 spiro atoms. The Labute approximate surface area is 126 Å². The van der Waals surface area contributed by atoms with Gasteiger partial charge in [-0.1, -0.05) is 44.2 Å². The van der Waals surface area contributed by atoms with Crippen LogP contribution in [0.25, 0.3) is 0 Å². The minimum absolute atomic E-state index is 0.0150. The van der Waals surface area contributed by atoms with Crippen LogP contribution in [0.2, 0.25) is 0 Å². The zero-order valence-electron chi connectivity index (χ0n) is 13.4. The number of benzene rings is 1. The van der Waals surface area contributed by atoms with Gasteiger partial charge in [0.05, 0.1) is 23.9 Å². The molecule has 2 rings (SSSR count). The van der Waals surface area contributed by atoms with Crippen molar-refractivity contribution in [1.82, 2.24) is 15.0 Å². The number of aromatic nitrogens is 3. The van der Waals surface area contributed by atoms with Crippen LogP contribution in [0.1, 0.15) is 32.2 Å². The Balaban J connectivity index is 0.00000106. The molecule has 1 aromatic heterocycles. The third-order valence-corrected chi connectivity index (χ3v) is 3.15. The molecular formula is C16H24N4O. The summed E-state index contributed by atoms with van der Waals surface area (Å²) >= 11 is 0.